The van der Waals surface area contributed by atoms with Gasteiger partial charge < -0.3 is 4.57 Å². The molecule has 2 heteroatoms. The predicted octanol–water partition coefficient (Wildman–Crippen LogP) is 6.10. The fourth-order valence-corrected chi connectivity index (χ4v) is 3.83. The molecule has 0 spiro atoms. The Labute approximate surface area is 165 Å². The molecule has 4 rings (SSSR count). The minimum Gasteiger partial charge on any atom is -0.309 e. The maximum absolute atomic E-state index is 12.9. The molecule has 0 radical (unpaired) electrons. The van der Waals surface area contributed by atoms with Crippen molar-refractivity contribution >= 4 is 0 Å². The highest BCUT2D eigenvalue weighted by Gasteiger charge is 2.17. The van der Waals surface area contributed by atoms with Crippen molar-refractivity contribution in [3.63, 3.8) is 0 Å². The zero-order chi connectivity index (χ0) is 19.7. The van der Waals surface area contributed by atoms with Gasteiger partial charge in [0.05, 0.1) is 11.4 Å². The Bertz CT molecular complexity index is 1170. The van der Waals surface area contributed by atoms with E-state index in [9.17, 15) is 4.79 Å². The number of aryl methyl sites for hydroxylation is 2. The Morgan fingerprint density at radius 3 is 1.82 bits per heavy atom. The van der Waals surface area contributed by atoms with Gasteiger partial charge >= 0.3 is 0 Å². The van der Waals surface area contributed by atoms with Gasteiger partial charge in [0, 0.05) is 17.3 Å². The van der Waals surface area contributed by atoms with Crippen LogP contribution in [0.2, 0.25) is 0 Å². The van der Waals surface area contributed by atoms with Crippen molar-refractivity contribution in [2.45, 2.75) is 20.8 Å². The third-order valence-electron chi connectivity index (χ3n) is 5.04. The molecule has 0 fully saturated rings. The standard InChI is InChI=1S/C26H23NO/c1-18-14-19(2)16-22(15-18)26-20(3)25(28)17-24(21-10-6-4-7-11-21)27(26)23-12-8-5-9-13-23/h4-17H,1-3H3. The Balaban J connectivity index is 2.16. The molecule has 0 aliphatic heterocycles. The first-order valence-electron chi connectivity index (χ1n) is 9.51. The quantitative estimate of drug-likeness (QED) is 0.430. The molecule has 0 bridgehead atoms. The first kappa shape index (κ1) is 18.0. The molecular weight excluding hydrogens is 342 g/mol. The van der Waals surface area contributed by atoms with Gasteiger partial charge in [-0.25, -0.2) is 0 Å². The average Bonchev–Trinajstić information content (AvgIpc) is 2.70. The predicted molar refractivity (Wildman–Crippen MR) is 117 cm³/mol. The van der Waals surface area contributed by atoms with Gasteiger partial charge in [0.25, 0.3) is 0 Å². The van der Waals surface area contributed by atoms with Crippen molar-refractivity contribution < 1.29 is 0 Å². The molecule has 0 saturated heterocycles. The Morgan fingerprint density at radius 2 is 1.21 bits per heavy atom. The maximum atomic E-state index is 12.9. The van der Waals surface area contributed by atoms with Crippen LogP contribution in [-0.2, 0) is 0 Å². The SMILES string of the molecule is Cc1cc(C)cc(-c2c(C)c(=O)cc(-c3ccccc3)n2-c2ccccc2)c1. The Morgan fingerprint density at radius 1 is 0.643 bits per heavy atom. The summed E-state index contributed by atoms with van der Waals surface area (Å²) in [5.74, 6) is 0. The second-order valence-corrected chi connectivity index (χ2v) is 7.28. The molecule has 138 valence electrons. The molecule has 0 aliphatic carbocycles. The molecule has 0 saturated carbocycles. The van der Waals surface area contributed by atoms with Crippen LogP contribution < -0.4 is 5.43 Å². The van der Waals surface area contributed by atoms with Crippen LogP contribution in [0.3, 0.4) is 0 Å². The highest BCUT2D eigenvalue weighted by Crippen LogP contribution is 2.32. The molecule has 0 atom stereocenters. The number of rotatable bonds is 3. The topological polar surface area (TPSA) is 22.0 Å². The zero-order valence-electron chi connectivity index (χ0n) is 16.4. The van der Waals surface area contributed by atoms with Gasteiger partial charge in [-0.3, -0.25) is 4.79 Å². The second-order valence-electron chi connectivity index (χ2n) is 7.28. The summed E-state index contributed by atoms with van der Waals surface area (Å²) in [5.41, 5.74) is 8.16. The molecule has 1 heterocycles. The van der Waals surface area contributed by atoms with Crippen LogP contribution in [-0.4, -0.2) is 4.57 Å². The van der Waals surface area contributed by atoms with E-state index >= 15 is 0 Å². The van der Waals surface area contributed by atoms with Crippen LogP contribution in [0.5, 0.6) is 0 Å². The molecule has 0 N–H and O–H groups in total. The number of aromatic nitrogens is 1. The zero-order valence-corrected chi connectivity index (χ0v) is 16.4. The second kappa shape index (κ2) is 7.32. The van der Waals surface area contributed by atoms with Crippen LogP contribution in [0.25, 0.3) is 28.2 Å². The number of hydrogen-bond acceptors (Lipinski definition) is 1. The fraction of sp³-hybridized carbons (Fsp3) is 0.115. The van der Waals surface area contributed by atoms with Crippen LogP contribution in [0, 0.1) is 20.8 Å². The van der Waals surface area contributed by atoms with Crippen molar-refractivity contribution in [1.29, 1.82) is 0 Å². The molecule has 0 amide bonds. The Hall–Kier alpha value is -3.39. The van der Waals surface area contributed by atoms with Gasteiger partial charge in [0.1, 0.15) is 0 Å². The van der Waals surface area contributed by atoms with Gasteiger partial charge in [-0.05, 0) is 56.2 Å². The Kier molecular flexibility index (Phi) is 4.70. The first-order valence-corrected chi connectivity index (χ1v) is 9.51. The molecule has 4 aromatic rings. The number of benzene rings is 3. The van der Waals surface area contributed by atoms with Gasteiger partial charge in [-0.1, -0.05) is 65.7 Å². The minimum atomic E-state index is 0.0557. The summed E-state index contributed by atoms with van der Waals surface area (Å²) in [5, 5.41) is 0. The van der Waals surface area contributed by atoms with Crippen molar-refractivity contribution in [1.82, 2.24) is 4.57 Å². The lowest BCUT2D eigenvalue weighted by molar-refractivity contribution is 1.04. The molecule has 0 unspecified atom stereocenters. The minimum absolute atomic E-state index is 0.0557. The van der Waals surface area contributed by atoms with E-state index in [4.69, 9.17) is 0 Å². The van der Waals surface area contributed by atoms with E-state index < -0.39 is 0 Å². The highest BCUT2D eigenvalue weighted by molar-refractivity contribution is 5.74. The summed E-state index contributed by atoms with van der Waals surface area (Å²) in [6.07, 6.45) is 0. The van der Waals surface area contributed by atoms with Gasteiger partial charge in [-0.15, -0.1) is 0 Å². The number of pyridine rings is 1. The van der Waals surface area contributed by atoms with Gasteiger partial charge in [0.15, 0.2) is 5.43 Å². The smallest absolute Gasteiger partial charge is 0.185 e. The summed E-state index contributed by atoms with van der Waals surface area (Å²) in [6, 6.07) is 28.6. The van der Waals surface area contributed by atoms with Crippen LogP contribution in [0.1, 0.15) is 16.7 Å². The monoisotopic (exact) mass is 365 g/mol. The normalized spacial score (nSPS) is 10.8. The molecule has 0 aliphatic rings. The van der Waals surface area contributed by atoms with Crippen molar-refractivity contribution in [3.05, 3.63) is 112 Å². The lowest BCUT2D eigenvalue weighted by atomic mass is 9.98. The van der Waals surface area contributed by atoms with Gasteiger partial charge in [0.2, 0.25) is 0 Å². The molecular formula is C26H23NO. The van der Waals surface area contributed by atoms with Crippen LogP contribution >= 0.6 is 0 Å². The van der Waals surface area contributed by atoms with Crippen LogP contribution in [0.4, 0.5) is 0 Å². The van der Waals surface area contributed by atoms with E-state index in [-0.39, 0.29) is 5.43 Å². The number of para-hydroxylation sites is 1. The van der Waals surface area contributed by atoms with E-state index in [1.807, 2.05) is 43.3 Å². The highest BCUT2D eigenvalue weighted by atomic mass is 16.1. The summed E-state index contributed by atoms with van der Waals surface area (Å²) >= 11 is 0. The molecule has 1 aromatic heterocycles. The van der Waals surface area contributed by atoms with Crippen molar-refractivity contribution in [2.75, 3.05) is 0 Å². The average molecular weight is 365 g/mol. The fourth-order valence-electron chi connectivity index (χ4n) is 3.83. The van der Waals surface area contributed by atoms with E-state index in [2.05, 4.69) is 60.9 Å². The largest absolute Gasteiger partial charge is 0.309 e. The third-order valence-corrected chi connectivity index (χ3v) is 5.04. The summed E-state index contributed by atoms with van der Waals surface area (Å²) in [4.78, 5) is 12.9. The van der Waals surface area contributed by atoms with Crippen molar-refractivity contribution in [2.24, 2.45) is 0 Å². The van der Waals surface area contributed by atoms with E-state index in [1.165, 1.54) is 11.1 Å². The molecule has 28 heavy (non-hydrogen) atoms. The van der Waals surface area contributed by atoms with Crippen molar-refractivity contribution in [3.8, 4) is 28.2 Å². The third kappa shape index (κ3) is 3.29. The van der Waals surface area contributed by atoms with Gasteiger partial charge in [-0.2, -0.15) is 0 Å². The summed E-state index contributed by atoms with van der Waals surface area (Å²) < 4.78 is 2.21. The molecule has 2 nitrogen and oxygen atoms in total. The van der Waals surface area contributed by atoms with Crippen LogP contribution in [0.15, 0.2) is 89.7 Å². The number of hydrogen-bond donors (Lipinski definition) is 0. The molecule has 3 aromatic carbocycles. The first-order chi connectivity index (χ1) is 13.5. The summed E-state index contributed by atoms with van der Waals surface area (Å²) in [6.45, 7) is 6.11. The number of nitrogens with zero attached hydrogens (tertiary/aromatic N) is 1. The lowest BCUT2D eigenvalue weighted by Crippen LogP contribution is -2.15. The lowest BCUT2D eigenvalue weighted by Gasteiger charge is -2.22. The summed E-state index contributed by atoms with van der Waals surface area (Å²) in [7, 11) is 0. The van der Waals surface area contributed by atoms with E-state index in [0.717, 1.165) is 33.8 Å². The maximum Gasteiger partial charge on any atom is 0.185 e. The van der Waals surface area contributed by atoms with E-state index in [1.54, 1.807) is 6.07 Å². The van der Waals surface area contributed by atoms with E-state index in [0.29, 0.717) is 0 Å².